The lowest BCUT2D eigenvalue weighted by Crippen LogP contribution is -2.03. The summed E-state index contributed by atoms with van der Waals surface area (Å²) in [6.45, 7) is 1.96. The minimum atomic E-state index is -1.06. The summed E-state index contributed by atoms with van der Waals surface area (Å²) in [6.07, 6.45) is 0. The van der Waals surface area contributed by atoms with Gasteiger partial charge in [0.15, 0.2) is 10.5 Å². The highest BCUT2D eigenvalue weighted by Crippen LogP contribution is 2.21. The number of carboxylic acid groups (broad SMARTS) is 1. The largest absolute Gasteiger partial charge is 0.478 e. The van der Waals surface area contributed by atoms with Crippen LogP contribution in [0, 0.1) is 0 Å². The van der Waals surface area contributed by atoms with Gasteiger partial charge in [0.1, 0.15) is 5.58 Å². The maximum atomic E-state index is 11.8. The van der Waals surface area contributed by atoms with Crippen LogP contribution in [-0.4, -0.2) is 16.8 Å². The van der Waals surface area contributed by atoms with Crippen molar-refractivity contribution in [2.45, 2.75) is 12.0 Å². The molecule has 1 aromatic heterocycles. The molecule has 0 amide bonds. The lowest BCUT2D eigenvalue weighted by Gasteiger charge is -2.01. The lowest BCUT2D eigenvalue weighted by atomic mass is 10.1. The van der Waals surface area contributed by atoms with Gasteiger partial charge in [0.25, 0.3) is 0 Å². The number of thioether (sulfide) groups is 1. The Labute approximate surface area is 101 Å². The molecule has 4 nitrogen and oxygen atoms in total. The molecule has 0 bridgehead atoms. The highest BCUT2D eigenvalue weighted by Gasteiger charge is 2.08. The molecular formula is C12H10O4S. The van der Waals surface area contributed by atoms with Crippen molar-refractivity contribution in [3.63, 3.8) is 0 Å². The number of hydrogen-bond donors (Lipinski definition) is 1. The minimum absolute atomic E-state index is 0.0840. The predicted octanol–water partition coefficient (Wildman–Crippen LogP) is 2.60. The van der Waals surface area contributed by atoms with Crippen LogP contribution in [0.25, 0.3) is 11.0 Å². The molecule has 0 radical (unpaired) electrons. The molecule has 1 N–H and O–H groups in total. The van der Waals surface area contributed by atoms with Gasteiger partial charge in [-0.05, 0) is 24.0 Å². The molecule has 0 aliphatic carbocycles. The molecule has 1 aromatic carbocycles. The Morgan fingerprint density at radius 2 is 2.18 bits per heavy atom. The normalized spacial score (nSPS) is 10.6. The summed E-state index contributed by atoms with van der Waals surface area (Å²) < 4.78 is 5.49. The van der Waals surface area contributed by atoms with E-state index in [-0.39, 0.29) is 11.0 Å². The fourth-order valence-corrected chi connectivity index (χ4v) is 2.10. The second-order valence-electron chi connectivity index (χ2n) is 3.38. The van der Waals surface area contributed by atoms with Gasteiger partial charge >= 0.3 is 5.97 Å². The van der Waals surface area contributed by atoms with E-state index in [1.807, 2.05) is 6.92 Å². The number of benzene rings is 1. The van der Waals surface area contributed by atoms with E-state index < -0.39 is 5.97 Å². The van der Waals surface area contributed by atoms with Crippen LogP contribution in [-0.2, 0) is 0 Å². The second-order valence-corrected chi connectivity index (χ2v) is 4.65. The van der Waals surface area contributed by atoms with E-state index in [0.717, 1.165) is 5.75 Å². The summed E-state index contributed by atoms with van der Waals surface area (Å²) in [5.41, 5.74) is 0.282. The lowest BCUT2D eigenvalue weighted by molar-refractivity contribution is 0.0697. The van der Waals surface area contributed by atoms with E-state index in [1.165, 1.54) is 36.0 Å². The fraction of sp³-hybridized carbons (Fsp3) is 0.167. The molecule has 0 fully saturated rings. The Morgan fingerprint density at radius 3 is 2.82 bits per heavy atom. The fourth-order valence-electron chi connectivity index (χ4n) is 1.48. The quantitative estimate of drug-likeness (QED) is 0.848. The van der Waals surface area contributed by atoms with Crippen LogP contribution >= 0.6 is 11.8 Å². The third-order valence-electron chi connectivity index (χ3n) is 2.24. The molecule has 0 saturated heterocycles. The summed E-state index contributed by atoms with van der Waals surface area (Å²) in [6, 6.07) is 5.67. The van der Waals surface area contributed by atoms with Crippen molar-refractivity contribution in [3.05, 3.63) is 40.1 Å². The molecule has 5 heteroatoms. The van der Waals surface area contributed by atoms with Crippen molar-refractivity contribution in [3.8, 4) is 0 Å². The van der Waals surface area contributed by atoms with Gasteiger partial charge in [0, 0.05) is 6.07 Å². The van der Waals surface area contributed by atoms with Crippen LogP contribution in [0.15, 0.2) is 38.6 Å². The Morgan fingerprint density at radius 1 is 1.41 bits per heavy atom. The first-order chi connectivity index (χ1) is 8.11. The van der Waals surface area contributed by atoms with Crippen LogP contribution < -0.4 is 5.43 Å². The topological polar surface area (TPSA) is 67.5 Å². The van der Waals surface area contributed by atoms with Crippen molar-refractivity contribution >= 4 is 28.7 Å². The zero-order valence-electron chi connectivity index (χ0n) is 9.10. The molecule has 0 spiro atoms. The zero-order valence-corrected chi connectivity index (χ0v) is 9.91. The highest BCUT2D eigenvalue weighted by molar-refractivity contribution is 7.99. The molecule has 17 heavy (non-hydrogen) atoms. The van der Waals surface area contributed by atoms with Crippen molar-refractivity contribution < 1.29 is 14.3 Å². The molecular weight excluding hydrogens is 240 g/mol. The number of aromatic carboxylic acids is 1. The van der Waals surface area contributed by atoms with E-state index in [2.05, 4.69) is 0 Å². The SMILES string of the molecule is CCSc1cc(=O)c2cc(C(=O)O)ccc2o1. The van der Waals surface area contributed by atoms with Crippen molar-refractivity contribution in [2.75, 3.05) is 5.75 Å². The summed E-state index contributed by atoms with van der Waals surface area (Å²) in [7, 11) is 0. The summed E-state index contributed by atoms with van der Waals surface area (Å²) in [5.74, 6) is -0.250. The standard InChI is InChI=1S/C12H10O4S/c1-2-17-11-6-9(13)8-5-7(12(14)15)3-4-10(8)16-11/h3-6H,2H2,1H3,(H,14,15). The van der Waals surface area contributed by atoms with Crippen LogP contribution in [0.4, 0.5) is 0 Å². The van der Waals surface area contributed by atoms with Crippen molar-refractivity contribution in [2.24, 2.45) is 0 Å². The van der Waals surface area contributed by atoms with Crippen LogP contribution in [0.1, 0.15) is 17.3 Å². The van der Waals surface area contributed by atoms with Gasteiger partial charge in [0.05, 0.1) is 10.9 Å². The van der Waals surface area contributed by atoms with Gasteiger partial charge in [-0.1, -0.05) is 18.7 Å². The average molecular weight is 250 g/mol. The Balaban J connectivity index is 2.64. The number of rotatable bonds is 3. The molecule has 0 aliphatic rings. The first-order valence-corrected chi connectivity index (χ1v) is 6.04. The maximum absolute atomic E-state index is 11.8. The van der Waals surface area contributed by atoms with Gasteiger partial charge in [0.2, 0.25) is 0 Å². The number of fused-ring (bicyclic) bond motifs is 1. The molecule has 2 aromatic rings. The maximum Gasteiger partial charge on any atom is 0.335 e. The van der Waals surface area contributed by atoms with Gasteiger partial charge in [-0.2, -0.15) is 0 Å². The minimum Gasteiger partial charge on any atom is -0.478 e. The molecule has 0 saturated carbocycles. The first kappa shape index (κ1) is 11.7. The smallest absolute Gasteiger partial charge is 0.335 e. The van der Waals surface area contributed by atoms with Crippen LogP contribution in [0.3, 0.4) is 0 Å². The predicted molar refractivity (Wildman–Crippen MR) is 65.8 cm³/mol. The molecule has 1 heterocycles. The van der Waals surface area contributed by atoms with Gasteiger partial charge in [-0.25, -0.2) is 4.79 Å². The summed E-state index contributed by atoms with van der Waals surface area (Å²) in [4.78, 5) is 22.6. The van der Waals surface area contributed by atoms with Crippen molar-refractivity contribution in [1.29, 1.82) is 0 Å². The van der Waals surface area contributed by atoms with Gasteiger partial charge < -0.3 is 9.52 Å². The van der Waals surface area contributed by atoms with Crippen LogP contribution in [0.2, 0.25) is 0 Å². The Hall–Kier alpha value is -1.75. The molecule has 2 rings (SSSR count). The van der Waals surface area contributed by atoms with Crippen LogP contribution in [0.5, 0.6) is 0 Å². The second kappa shape index (κ2) is 4.63. The van der Waals surface area contributed by atoms with Gasteiger partial charge in [-0.15, -0.1) is 0 Å². The van der Waals surface area contributed by atoms with E-state index >= 15 is 0 Å². The van der Waals surface area contributed by atoms with E-state index in [4.69, 9.17) is 9.52 Å². The molecule has 0 unspecified atom stereocenters. The third kappa shape index (κ3) is 2.34. The zero-order chi connectivity index (χ0) is 12.4. The highest BCUT2D eigenvalue weighted by atomic mass is 32.2. The van der Waals surface area contributed by atoms with Crippen molar-refractivity contribution in [1.82, 2.24) is 0 Å². The Kier molecular flexibility index (Phi) is 3.19. The first-order valence-electron chi connectivity index (χ1n) is 5.06. The third-order valence-corrected chi connectivity index (χ3v) is 3.01. The number of carbonyl (C=O) groups is 1. The molecule has 0 atom stereocenters. The van der Waals surface area contributed by atoms with E-state index in [9.17, 15) is 9.59 Å². The van der Waals surface area contributed by atoms with E-state index in [0.29, 0.717) is 16.1 Å². The number of hydrogen-bond acceptors (Lipinski definition) is 4. The molecule has 0 aliphatic heterocycles. The summed E-state index contributed by atoms with van der Waals surface area (Å²) in [5, 5.41) is 9.68. The monoisotopic (exact) mass is 250 g/mol. The summed E-state index contributed by atoms with van der Waals surface area (Å²) >= 11 is 1.43. The Bertz CT molecular complexity index is 630. The molecule has 88 valence electrons. The van der Waals surface area contributed by atoms with E-state index in [1.54, 1.807) is 0 Å². The average Bonchev–Trinajstić information content (AvgIpc) is 2.29. The van der Waals surface area contributed by atoms with Gasteiger partial charge in [-0.3, -0.25) is 4.79 Å². The number of carboxylic acids is 1.